The lowest BCUT2D eigenvalue weighted by atomic mass is 10.2. The molecular formula is C11H13N3. The molecule has 2 aromatic heterocycles. The van der Waals surface area contributed by atoms with E-state index >= 15 is 0 Å². The average molecular weight is 187 g/mol. The first kappa shape index (κ1) is 7.97. The van der Waals surface area contributed by atoms with Gasteiger partial charge in [-0.05, 0) is 38.3 Å². The van der Waals surface area contributed by atoms with Crippen molar-refractivity contribution in [2.45, 2.75) is 32.7 Å². The molecule has 0 radical (unpaired) electrons. The summed E-state index contributed by atoms with van der Waals surface area (Å²) in [6.07, 6.45) is 4.45. The highest BCUT2D eigenvalue weighted by atomic mass is 15.3. The maximum atomic E-state index is 4.56. The average Bonchev–Trinajstić information content (AvgIpc) is 2.87. The molecule has 1 aliphatic carbocycles. The van der Waals surface area contributed by atoms with Crippen LogP contribution in [0.1, 0.15) is 30.1 Å². The molecule has 2 aromatic rings. The summed E-state index contributed by atoms with van der Waals surface area (Å²) in [4.78, 5) is 4.56. The van der Waals surface area contributed by atoms with Gasteiger partial charge >= 0.3 is 0 Å². The Morgan fingerprint density at radius 2 is 2.14 bits per heavy atom. The molecule has 3 heteroatoms. The normalized spacial score (nSPS) is 16.4. The lowest BCUT2D eigenvalue weighted by Gasteiger charge is -2.01. The summed E-state index contributed by atoms with van der Waals surface area (Å²) >= 11 is 0. The Kier molecular flexibility index (Phi) is 1.46. The number of nitrogens with zero attached hydrogens (tertiary/aromatic N) is 3. The van der Waals surface area contributed by atoms with Crippen LogP contribution in [0.3, 0.4) is 0 Å². The molecular weight excluding hydrogens is 174 g/mol. The molecule has 2 heterocycles. The third-order valence-corrected chi connectivity index (χ3v) is 2.79. The van der Waals surface area contributed by atoms with Crippen LogP contribution >= 0.6 is 0 Å². The first-order valence-electron chi connectivity index (χ1n) is 5.07. The Hall–Kier alpha value is -1.38. The third-order valence-electron chi connectivity index (χ3n) is 2.79. The Balaban J connectivity index is 2.33. The molecule has 1 fully saturated rings. The van der Waals surface area contributed by atoms with Crippen LogP contribution < -0.4 is 0 Å². The summed E-state index contributed by atoms with van der Waals surface area (Å²) in [5.74, 6) is 0. The van der Waals surface area contributed by atoms with Crippen molar-refractivity contribution >= 4 is 11.0 Å². The van der Waals surface area contributed by atoms with Crippen molar-refractivity contribution in [3.8, 4) is 0 Å². The van der Waals surface area contributed by atoms with Gasteiger partial charge in [-0.2, -0.15) is 5.10 Å². The number of hydrogen-bond donors (Lipinski definition) is 0. The summed E-state index contributed by atoms with van der Waals surface area (Å²) < 4.78 is 2.08. The summed E-state index contributed by atoms with van der Waals surface area (Å²) in [5, 5.41) is 5.61. The van der Waals surface area contributed by atoms with Crippen molar-refractivity contribution in [1.29, 1.82) is 0 Å². The van der Waals surface area contributed by atoms with E-state index in [1.54, 1.807) is 0 Å². The summed E-state index contributed by atoms with van der Waals surface area (Å²) in [6.45, 7) is 4.16. The zero-order valence-electron chi connectivity index (χ0n) is 8.49. The monoisotopic (exact) mass is 187 g/mol. The van der Waals surface area contributed by atoms with Gasteiger partial charge < -0.3 is 0 Å². The van der Waals surface area contributed by atoms with Crippen LogP contribution in [0, 0.1) is 13.8 Å². The Morgan fingerprint density at radius 3 is 2.86 bits per heavy atom. The molecule has 3 nitrogen and oxygen atoms in total. The van der Waals surface area contributed by atoms with Gasteiger partial charge in [0, 0.05) is 11.1 Å². The first-order valence-corrected chi connectivity index (χ1v) is 5.07. The van der Waals surface area contributed by atoms with Gasteiger partial charge in [0.05, 0.1) is 12.2 Å². The minimum Gasteiger partial charge on any atom is -0.244 e. The van der Waals surface area contributed by atoms with E-state index in [4.69, 9.17) is 0 Å². The molecule has 72 valence electrons. The van der Waals surface area contributed by atoms with Crippen LogP contribution in [0.2, 0.25) is 0 Å². The molecule has 0 bridgehead atoms. The van der Waals surface area contributed by atoms with Gasteiger partial charge in [-0.15, -0.1) is 0 Å². The second kappa shape index (κ2) is 2.56. The SMILES string of the molecule is Cc1cc(C)c2cnn(C3CC3)c2n1. The molecule has 1 aliphatic rings. The van der Waals surface area contributed by atoms with E-state index in [9.17, 15) is 0 Å². The van der Waals surface area contributed by atoms with Crippen molar-refractivity contribution in [3.05, 3.63) is 23.5 Å². The van der Waals surface area contributed by atoms with Gasteiger partial charge in [-0.3, -0.25) is 0 Å². The second-order valence-electron chi connectivity index (χ2n) is 4.14. The number of aromatic nitrogens is 3. The number of aryl methyl sites for hydroxylation is 2. The van der Waals surface area contributed by atoms with Gasteiger partial charge in [0.25, 0.3) is 0 Å². The van der Waals surface area contributed by atoms with Gasteiger partial charge in [0.1, 0.15) is 0 Å². The van der Waals surface area contributed by atoms with Crippen molar-refractivity contribution in [3.63, 3.8) is 0 Å². The maximum Gasteiger partial charge on any atom is 0.158 e. The summed E-state index contributed by atoms with van der Waals surface area (Å²) in [7, 11) is 0. The number of fused-ring (bicyclic) bond motifs is 1. The van der Waals surface area contributed by atoms with Crippen LogP contribution in [0.25, 0.3) is 11.0 Å². The van der Waals surface area contributed by atoms with Gasteiger partial charge in [0.2, 0.25) is 0 Å². The predicted octanol–water partition coefficient (Wildman–Crippen LogP) is 2.38. The number of rotatable bonds is 1. The van der Waals surface area contributed by atoms with Crippen LogP contribution in [-0.4, -0.2) is 14.8 Å². The van der Waals surface area contributed by atoms with Gasteiger partial charge in [0.15, 0.2) is 5.65 Å². The molecule has 0 amide bonds. The first-order chi connectivity index (χ1) is 6.75. The molecule has 0 aliphatic heterocycles. The highest BCUT2D eigenvalue weighted by Gasteiger charge is 2.26. The molecule has 0 aromatic carbocycles. The molecule has 0 unspecified atom stereocenters. The molecule has 0 spiro atoms. The zero-order valence-corrected chi connectivity index (χ0v) is 8.49. The fourth-order valence-corrected chi connectivity index (χ4v) is 1.92. The van der Waals surface area contributed by atoms with Crippen molar-refractivity contribution in [2.75, 3.05) is 0 Å². The number of hydrogen-bond acceptors (Lipinski definition) is 2. The minimum absolute atomic E-state index is 0.612. The molecule has 1 saturated carbocycles. The molecule has 0 atom stereocenters. The third kappa shape index (κ3) is 1.05. The second-order valence-corrected chi connectivity index (χ2v) is 4.14. The topological polar surface area (TPSA) is 30.7 Å². The molecule has 0 N–H and O–H groups in total. The van der Waals surface area contributed by atoms with Crippen molar-refractivity contribution in [1.82, 2.24) is 14.8 Å². The van der Waals surface area contributed by atoms with Crippen LogP contribution in [-0.2, 0) is 0 Å². The van der Waals surface area contributed by atoms with E-state index in [2.05, 4.69) is 27.8 Å². The van der Waals surface area contributed by atoms with Crippen molar-refractivity contribution in [2.24, 2.45) is 0 Å². The minimum atomic E-state index is 0.612. The van der Waals surface area contributed by atoms with E-state index in [1.807, 2.05) is 13.1 Å². The summed E-state index contributed by atoms with van der Waals surface area (Å²) in [6, 6.07) is 2.72. The highest BCUT2D eigenvalue weighted by Crippen LogP contribution is 2.36. The number of pyridine rings is 1. The molecule has 3 rings (SSSR count). The van der Waals surface area contributed by atoms with E-state index < -0.39 is 0 Å². The maximum absolute atomic E-state index is 4.56. The van der Waals surface area contributed by atoms with Crippen LogP contribution in [0.15, 0.2) is 12.3 Å². The Labute approximate surface area is 82.8 Å². The highest BCUT2D eigenvalue weighted by molar-refractivity contribution is 5.78. The quantitative estimate of drug-likeness (QED) is 0.686. The van der Waals surface area contributed by atoms with Gasteiger partial charge in [-0.1, -0.05) is 0 Å². The Bertz CT molecular complexity index is 494. The molecule has 0 saturated heterocycles. The standard InChI is InChI=1S/C11H13N3/c1-7-5-8(2)13-11-10(7)6-12-14(11)9-3-4-9/h5-6,9H,3-4H2,1-2H3. The Morgan fingerprint density at radius 1 is 1.36 bits per heavy atom. The molecule has 14 heavy (non-hydrogen) atoms. The zero-order chi connectivity index (χ0) is 9.71. The van der Waals surface area contributed by atoms with Crippen LogP contribution in [0.5, 0.6) is 0 Å². The van der Waals surface area contributed by atoms with Crippen molar-refractivity contribution < 1.29 is 0 Å². The fraction of sp³-hybridized carbons (Fsp3) is 0.455. The fourth-order valence-electron chi connectivity index (χ4n) is 1.92. The van der Waals surface area contributed by atoms with E-state index in [0.717, 1.165) is 11.3 Å². The summed E-state index contributed by atoms with van der Waals surface area (Å²) in [5.41, 5.74) is 3.42. The predicted molar refractivity (Wildman–Crippen MR) is 55.3 cm³/mol. The van der Waals surface area contributed by atoms with Crippen LogP contribution in [0.4, 0.5) is 0 Å². The lowest BCUT2D eigenvalue weighted by Crippen LogP contribution is -1.98. The largest absolute Gasteiger partial charge is 0.244 e. The van der Waals surface area contributed by atoms with Gasteiger partial charge in [-0.25, -0.2) is 9.67 Å². The van der Waals surface area contributed by atoms with E-state index in [-0.39, 0.29) is 0 Å². The smallest absolute Gasteiger partial charge is 0.158 e. The van der Waals surface area contributed by atoms with E-state index in [0.29, 0.717) is 6.04 Å². The lowest BCUT2D eigenvalue weighted by molar-refractivity contribution is 0.658. The van der Waals surface area contributed by atoms with E-state index in [1.165, 1.54) is 23.8 Å².